The van der Waals surface area contributed by atoms with Crippen molar-refractivity contribution in [3.8, 4) is 0 Å². The average Bonchev–Trinajstić information content (AvgIpc) is 2.85. The Labute approximate surface area is 226 Å². The van der Waals surface area contributed by atoms with Crippen LogP contribution < -0.4 is 0 Å². The minimum absolute atomic E-state index is 0.295. The van der Waals surface area contributed by atoms with Crippen molar-refractivity contribution in [1.82, 2.24) is 0 Å². The topological polar surface area (TPSA) is 63.5 Å². The third-order valence-electron chi connectivity index (χ3n) is 8.24. The zero-order chi connectivity index (χ0) is 26.9. The maximum atomic E-state index is 13.2. The molecule has 3 unspecified atom stereocenters. The van der Waals surface area contributed by atoms with E-state index in [0.717, 1.165) is 12.8 Å². The lowest BCUT2D eigenvalue weighted by Gasteiger charge is -2.49. The normalized spacial score (nSPS) is 16.1. The molecule has 0 rings (SSSR count). The van der Waals surface area contributed by atoms with E-state index < -0.39 is 17.1 Å². The zero-order valence-electron chi connectivity index (χ0n) is 25.2. The monoisotopic (exact) mass is 514 g/mol. The number of aliphatic hydroxyl groups is 2. The summed E-state index contributed by atoms with van der Waals surface area (Å²) in [6.45, 7) is 7.94. The summed E-state index contributed by atoms with van der Waals surface area (Å²) >= 11 is 0. The first kappa shape index (κ1) is 35.8. The van der Waals surface area contributed by atoms with Gasteiger partial charge < -0.3 is 20.1 Å². The average molecular weight is 514 g/mol. The van der Waals surface area contributed by atoms with Crippen molar-refractivity contribution in [2.45, 2.75) is 194 Å². The van der Waals surface area contributed by atoms with Gasteiger partial charge in [-0.05, 0) is 12.8 Å². The molecule has 218 valence electrons. The van der Waals surface area contributed by atoms with Gasteiger partial charge in [-0.15, -0.1) is 0 Å². The molecule has 0 aromatic heterocycles. The fourth-order valence-corrected chi connectivity index (χ4v) is 5.54. The fourth-order valence-electron chi connectivity index (χ4n) is 5.54. The number of hydrogen-bond acceptors (Lipinski definition) is 3. The van der Waals surface area contributed by atoms with Crippen LogP contribution in [0.2, 0.25) is 0 Å². The third-order valence-corrected chi connectivity index (χ3v) is 8.24. The molecule has 0 aliphatic rings. The molecule has 0 fully saturated rings. The first-order valence-electron chi connectivity index (χ1n) is 16.3. The van der Waals surface area contributed by atoms with Crippen LogP contribution in [-0.2, 0) is 0 Å². The molecular formula is C32H67NO3. The highest BCUT2D eigenvalue weighted by molar-refractivity contribution is 4.63. The molecule has 0 aliphatic carbocycles. The van der Waals surface area contributed by atoms with Crippen LogP contribution in [-0.4, -0.2) is 33.9 Å². The molecule has 4 heteroatoms. The van der Waals surface area contributed by atoms with Gasteiger partial charge in [-0.3, -0.25) is 0 Å². The van der Waals surface area contributed by atoms with Gasteiger partial charge in [0.25, 0.3) is 0 Å². The number of nitrogens with zero attached hydrogens (tertiary/aromatic N) is 1. The van der Waals surface area contributed by atoms with Gasteiger partial charge in [0.2, 0.25) is 0 Å². The summed E-state index contributed by atoms with van der Waals surface area (Å²) < 4.78 is -0.888. The molecule has 0 amide bonds. The van der Waals surface area contributed by atoms with Gasteiger partial charge >= 0.3 is 0 Å². The van der Waals surface area contributed by atoms with Gasteiger partial charge in [0.05, 0.1) is 6.54 Å². The third kappa shape index (κ3) is 19.9. The molecule has 0 saturated heterocycles. The minimum atomic E-state index is -1.08. The molecule has 4 nitrogen and oxygen atoms in total. The van der Waals surface area contributed by atoms with Crippen LogP contribution >= 0.6 is 0 Å². The van der Waals surface area contributed by atoms with Gasteiger partial charge in [-0.25, -0.2) is 0 Å². The first-order chi connectivity index (χ1) is 17.4. The Kier molecular flexibility index (Phi) is 25.0. The van der Waals surface area contributed by atoms with E-state index in [2.05, 4.69) is 13.8 Å². The molecule has 2 N–H and O–H groups in total. The Morgan fingerprint density at radius 1 is 0.472 bits per heavy atom. The van der Waals surface area contributed by atoms with E-state index in [4.69, 9.17) is 0 Å². The van der Waals surface area contributed by atoms with E-state index in [-0.39, 0.29) is 0 Å². The van der Waals surface area contributed by atoms with Crippen LogP contribution in [0.5, 0.6) is 0 Å². The number of hydroxylamine groups is 3. The molecule has 0 radical (unpaired) electrons. The van der Waals surface area contributed by atoms with Crippen molar-refractivity contribution in [2.75, 3.05) is 6.54 Å². The molecule has 0 aromatic carbocycles. The second kappa shape index (κ2) is 25.1. The summed E-state index contributed by atoms with van der Waals surface area (Å²) in [7, 11) is 0. The van der Waals surface area contributed by atoms with Crippen molar-refractivity contribution in [3.63, 3.8) is 0 Å². The number of rotatable bonds is 28. The predicted molar refractivity (Wildman–Crippen MR) is 158 cm³/mol. The van der Waals surface area contributed by atoms with Crippen LogP contribution in [0.4, 0.5) is 0 Å². The number of quaternary nitrogens is 1. The van der Waals surface area contributed by atoms with Crippen LogP contribution in [0.3, 0.4) is 0 Å². The van der Waals surface area contributed by atoms with Crippen molar-refractivity contribution in [2.24, 2.45) is 5.92 Å². The van der Waals surface area contributed by atoms with Crippen LogP contribution in [0.15, 0.2) is 0 Å². The second-order valence-corrected chi connectivity index (χ2v) is 11.8. The summed E-state index contributed by atoms with van der Waals surface area (Å²) in [5.74, 6) is 0.295. The molecule has 3 atom stereocenters. The Morgan fingerprint density at radius 3 is 0.972 bits per heavy atom. The molecule has 0 saturated carbocycles. The highest BCUT2D eigenvalue weighted by Crippen LogP contribution is 2.26. The van der Waals surface area contributed by atoms with E-state index >= 15 is 0 Å². The van der Waals surface area contributed by atoms with Crippen molar-refractivity contribution in [3.05, 3.63) is 5.21 Å². The van der Waals surface area contributed by atoms with E-state index in [1.165, 1.54) is 155 Å². The molecule has 0 aliphatic heterocycles. The Morgan fingerprint density at radius 2 is 0.722 bits per heavy atom. The minimum Gasteiger partial charge on any atom is -0.629 e. The lowest BCUT2D eigenvalue weighted by Crippen LogP contribution is -2.57. The molecular weight excluding hydrogens is 446 g/mol. The van der Waals surface area contributed by atoms with Crippen molar-refractivity contribution in [1.29, 1.82) is 0 Å². The quantitative estimate of drug-likeness (QED) is 0.0473. The van der Waals surface area contributed by atoms with E-state index in [9.17, 15) is 15.4 Å². The fraction of sp³-hybridized carbons (Fsp3) is 1.00. The molecule has 0 aromatic rings. The Balaban J connectivity index is 4.16. The van der Waals surface area contributed by atoms with E-state index in [0.29, 0.717) is 12.5 Å². The molecule has 0 spiro atoms. The lowest BCUT2D eigenvalue weighted by molar-refractivity contribution is -0.968. The summed E-state index contributed by atoms with van der Waals surface area (Å²) in [5, 5.41) is 33.4. The SMILES string of the molecule is CCCCCCCCCCCCCCC(CCCCCCCCCCCC)C[N+]([O-])(C(C)O)C(C)O. The molecule has 36 heavy (non-hydrogen) atoms. The van der Waals surface area contributed by atoms with Gasteiger partial charge in [0.15, 0.2) is 12.5 Å². The maximum absolute atomic E-state index is 13.2. The van der Waals surface area contributed by atoms with Gasteiger partial charge in [-0.1, -0.05) is 155 Å². The lowest BCUT2D eigenvalue weighted by atomic mass is 9.93. The standard InChI is InChI=1S/C32H67NO3/c1-5-7-9-11-13-15-17-18-20-22-24-26-28-32(29-33(36,30(3)34)31(4)35)27-25-23-21-19-16-14-12-10-8-6-2/h30-32,34-35H,5-29H2,1-4H3. The van der Waals surface area contributed by atoms with Gasteiger partial charge in [-0.2, -0.15) is 0 Å². The van der Waals surface area contributed by atoms with Crippen LogP contribution in [0, 0.1) is 11.1 Å². The summed E-state index contributed by atoms with van der Waals surface area (Å²) in [6, 6.07) is 0. The Hall–Kier alpha value is -0.160. The smallest absolute Gasteiger partial charge is 0.189 e. The first-order valence-corrected chi connectivity index (χ1v) is 16.3. The van der Waals surface area contributed by atoms with Crippen molar-refractivity contribution < 1.29 is 14.9 Å². The van der Waals surface area contributed by atoms with Crippen LogP contribution in [0.25, 0.3) is 0 Å². The van der Waals surface area contributed by atoms with Crippen LogP contribution in [0.1, 0.15) is 182 Å². The van der Waals surface area contributed by atoms with Gasteiger partial charge in [0.1, 0.15) is 0 Å². The van der Waals surface area contributed by atoms with Gasteiger partial charge in [0, 0.05) is 19.8 Å². The predicted octanol–water partition coefficient (Wildman–Crippen LogP) is 10.00. The zero-order valence-corrected chi connectivity index (χ0v) is 25.2. The largest absolute Gasteiger partial charge is 0.629 e. The van der Waals surface area contributed by atoms with E-state index in [1.807, 2.05) is 0 Å². The molecule has 0 bridgehead atoms. The number of hydrogen-bond donors (Lipinski definition) is 2. The van der Waals surface area contributed by atoms with E-state index in [1.54, 1.807) is 0 Å². The summed E-state index contributed by atoms with van der Waals surface area (Å²) in [5.41, 5.74) is 0. The number of unbranched alkanes of at least 4 members (excludes halogenated alkanes) is 20. The molecule has 0 heterocycles. The maximum Gasteiger partial charge on any atom is 0.189 e. The van der Waals surface area contributed by atoms with Crippen molar-refractivity contribution >= 4 is 0 Å². The highest BCUT2D eigenvalue weighted by atomic mass is 16.6. The number of aliphatic hydroxyl groups excluding tert-OH is 2. The summed E-state index contributed by atoms with van der Waals surface area (Å²) in [4.78, 5) is 0. The second-order valence-electron chi connectivity index (χ2n) is 11.8. The Bertz CT molecular complexity index is 433. The summed E-state index contributed by atoms with van der Waals surface area (Å²) in [6.07, 6.45) is 29.3. The highest BCUT2D eigenvalue weighted by Gasteiger charge is 2.31.